The van der Waals surface area contributed by atoms with Gasteiger partial charge in [-0.3, -0.25) is 4.79 Å². The van der Waals surface area contributed by atoms with E-state index in [1.807, 2.05) is 24.3 Å². The number of ketones is 1. The van der Waals surface area contributed by atoms with Crippen molar-refractivity contribution in [1.82, 2.24) is 0 Å². The summed E-state index contributed by atoms with van der Waals surface area (Å²) in [5.74, 6) is -1.16. The third kappa shape index (κ3) is 5.08. The number of benzene rings is 4. The highest BCUT2D eigenvalue weighted by molar-refractivity contribution is 6.99. The molecule has 0 radical (unpaired) electrons. The minimum absolute atomic E-state index is 0.117. The fourth-order valence-electron chi connectivity index (χ4n) is 4.64. The first kappa shape index (κ1) is 25.3. The van der Waals surface area contributed by atoms with Gasteiger partial charge in [0.2, 0.25) is 0 Å². The molecule has 0 spiro atoms. The molecule has 5 heteroatoms. The van der Waals surface area contributed by atoms with Crippen LogP contribution in [0.25, 0.3) is 0 Å². The molecule has 0 fully saturated rings. The molecule has 0 aliphatic rings. The first-order valence-corrected chi connectivity index (χ1v) is 13.9. The van der Waals surface area contributed by atoms with Gasteiger partial charge in [-0.05, 0) is 33.1 Å². The molecule has 1 N–H and O–H groups in total. The van der Waals surface area contributed by atoms with Crippen LogP contribution in [0.4, 0.5) is 0 Å². The van der Waals surface area contributed by atoms with Crippen molar-refractivity contribution in [2.45, 2.75) is 32.4 Å². The molecule has 0 amide bonds. The molecule has 0 unspecified atom stereocenters. The molecule has 0 aromatic heterocycles. The van der Waals surface area contributed by atoms with Crippen LogP contribution >= 0.6 is 0 Å². The van der Waals surface area contributed by atoms with Crippen LogP contribution in [-0.2, 0) is 11.0 Å². The van der Waals surface area contributed by atoms with Crippen LogP contribution < -0.4 is 10.4 Å². The summed E-state index contributed by atoms with van der Waals surface area (Å²) in [6.07, 6.45) is 0. The third-order valence-electron chi connectivity index (χ3n) is 6.48. The van der Waals surface area contributed by atoms with Crippen LogP contribution in [0.3, 0.4) is 0 Å². The van der Waals surface area contributed by atoms with Gasteiger partial charge in [0.15, 0.2) is 5.78 Å². The number of hydrogen-bond donors (Lipinski definition) is 1. The molecule has 0 saturated heterocycles. The Labute approximate surface area is 213 Å². The Morgan fingerprint density at radius 3 is 1.50 bits per heavy atom. The van der Waals surface area contributed by atoms with E-state index in [9.17, 15) is 9.59 Å². The summed E-state index contributed by atoms with van der Waals surface area (Å²) in [7, 11) is -2.65. The highest BCUT2D eigenvalue weighted by Crippen LogP contribution is 2.37. The molecule has 0 saturated carbocycles. The first-order chi connectivity index (χ1) is 17.2. The molecular weight excluding hydrogens is 464 g/mol. The lowest BCUT2D eigenvalue weighted by Gasteiger charge is -2.43. The van der Waals surface area contributed by atoms with Gasteiger partial charge < -0.3 is 9.53 Å². The van der Waals surface area contributed by atoms with Gasteiger partial charge in [-0.1, -0.05) is 118 Å². The van der Waals surface area contributed by atoms with Gasteiger partial charge in [0, 0.05) is 11.1 Å². The summed E-state index contributed by atoms with van der Waals surface area (Å²) in [4.78, 5) is 24.0. The van der Waals surface area contributed by atoms with Gasteiger partial charge >= 0.3 is 5.97 Å². The van der Waals surface area contributed by atoms with E-state index in [-0.39, 0.29) is 16.4 Å². The van der Waals surface area contributed by atoms with E-state index in [0.717, 1.165) is 5.56 Å². The van der Waals surface area contributed by atoms with E-state index >= 15 is 0 Å². The average Bonchev–Trinajstić information content (AvgIpc) is 2.89. The summed E-state index contributed by atoms with van der Waals surface area (Å²) in [5, 5.41) is 11.4. The van der Waals surface area contributed by atoms with Crippen LogP contribution in [0.2, 0.25) is 5.04 Å². The summed E-state index contributed by atoms with van der Waals surface area (Å²) in [5.41, 5.74) is 2.15. The summed E-state index contributed by atoms with van der Waals surface area (Å²) < 4.78 is 6.97. The molecular formula is C31H30O4Si. The normalized spacial score (nSPS) is 11.8. The molecule has 4 aromatic carbocycles. The predicted molar refractivity (Wildman–Crippen MR) is 146 cm³/mol. The number of carbonyl (C=O) groups is 2. The minimum atomic E-state index is -2.65. The van der Waals surface area contributed by atoms with Crippen molar-refractivity contribution in [3.8, 4) is 0 Å². The Hall–Kier alpha value is -3.80. The van der Waals surface area contributed by atoms with Gasteiger partial charge in [-0.25, -0.2) is 4.79 Å². The van der Waals surface area contributed by atoms with Crippen molar-refractivity contribution >= 4 is 30.4 Å². The number of aromatic carboxylic acids is 1. The summed E-state index contributed by atoms with van der Waals surface area (Å²) in [6.45, 7) is 7.17. The highest BCUT2D eigenvalue weighted by atomic mass is 28.4. The van der Waals surface area contributed by atoms with Crippen LogP contribution in [0.5, 0.6) is 0 Å². The summed E-state index contributed by atoms with van der Waals surface area (Å²) in [6, 6.07) is 34.5. The SMILES string of the molecule is CC(C)(C)[Si](OCc1ccc(C(=O)c2ccc(C(=O)O)cc2)cc1)(c1ccccc1)c1ccccc1. The van der Waals surface area contributed by atoms with E-state index < -0.39 is 14.3 Å². The molecule has 182 valence electrons. The van der Waals surface area contributed by atoms with Crippen LogP contribution in [0, 0.1) is 0 Å². The number of carboxylic acid groups (broad SMARTS) is 1. The zero-order valence-electron chi connectivity index (χ0n) is 20.8. The van der Waals surface area contributed by atoms with Gasteiger partial charge in [0.25, 0.3) is 8.32 Å². The largest absolute Gasteiger partial charge is 0.478 e. The van der Waals surface area contributed by atoms with E-state index in [4.69, 9.17) is 9.53 Å². The maximum atomic E-state index is 12.9. The van der Waals surface area contributed by atoms with Crippen LogP contribution in [0.15, 0.2) is 109 Å². The minimum Gasteiger partial charge on any atom is -0.478 e. The Kier molecular flexibility index (Phi) is 7.34. The van der Waals surface area contributed by atoms with Gasteiger partial charge in [0.1, 0.15) is 0 Å². The maximum Gasteiger partial charge on any atom is 0.335 e. The fraction of sp³-hybridized carbons (Fsp3) is 0.161. The van der Waals surface area contributed by atoms with Gasteiger partial charge in [0.05, 0.1) is 12.2 Å². The van der Waals surface area contributed by atoms with Crippen molar-refractivity contribution in [2.24, 2.45) is 0 Å². The second-order valence-corrected chi connectivity index (χ2v) is 14.2. The molecule has 0 aliphatic carbocycles. The van der Waals surface area contributed by atoms with Crippen LogP contribution in [0.1, 0.15) is 52.6 Å². The molecule has 0 atom stereocenters. The van der Waals surface area contributed by atoms with E-state index in [2.05, 4.69) is 69.3 Å². The lowest BCUT2D eigenvalue weighted by Crippen LogP contribution is -2.66. The second-order valence-electron chi connectivity index (χ2n) is 9.86. The number of carboxylic acids is 1. The Bertz CT molecular complexity index is 1280. The van der Waals surface area contributed by atoms with Crippen molar-refractivity contribution in [3.63, 3.8) is 0 Å². The van der Waals surface area contributed by atoms with E-state index in [1.165, 1.54) is 22.5 Å². The first-order valence-electron chi connectivity index (χ1n) is 11.9. The molecule has 0 heterocycles. The fourth-order valence-corrected chi connectivity index (χ4v) is 9.18. The topological polar surface area (TPSA) is 63.6 Å². The van der Waals surface area contributed by atoms with Crippen LogP contribution in [-0.4, -0.2) is 25.2 Å². The Morgan fingerprint density at radius 1 is 0.667 bits per heavy atom. The zero-order valence-corrected chi connectivity index (χ0v) is 21.8. The second kappa shape index (κ2) is 10.4. The zero-order chi connectivity index (χ0) is 25.8. The van der Waals surface area contributed by atoms with Crippen molar-refractivity contribution in [1.29, 1.82) is 0 Å². The third-order valence-corrected chi connectivity index (χ3v) is 11.5. The quantitative estimate of drug-likeness (QED) is 0.252. The van der Waals surface area contributed by atoms with Gasteiger partial charge in [-0.2, -0.15) is 0 Å². The van der Waals surface area contributed by atoms with Crippen molar-refractivity contribution < 1.29 is 19.1 Å². The standard InChI is InChI=1S/C31H30O4Si/c1-31(2,3)36(27-10-6-4-7-11-27,28-12-8-5-9-13-28)35-22-23-14-16-24(17-15-23)29(32)25-18-20-26(21-19-25)30(33)34/h4-21H,22H2,1-3H3,(H,33,34). The lowest BCUT2D eigenvalue weighted by molar-refractivity contribution is 0.0696. The van der Waals surface area contributed by atoms with E-state index in [0.29, 0.717) is 17.7 Å². The number of rotatable bonds is 8. The monoisotopic (exact) mass is 494 g/mol. The summed E-state index contributed by atoms with van der Waals surface area (Å²) >= 11 is 0. The maximum absolute atomic E-state index is 12.9. The molecule has 4 nitrogen and oxygen atoms in total. The van der Waals surface area contributed by atoms with Crippen molar-refractivity contribution in [3.05, 3.63) is 131 Å². The number of hydrogen-bond acceptors (Lipinski definition) is 3. The smallest absolute Gasteiger partial charge is 0.335 e. The molecule has 0 bridgehead atoms. The molecule has 36 heavy (non-hydrogen) atoms. The highest BCUT2D eigenvalue weighted by Gasteiger charge is 2.50. The van der Waals surface area contributed by atoms with E-state index in [1.54, 1.807) is 24.3 Å². The molecule has 0 aliphatic heterocycles. The molecule has 4 rings (SSSR count). The Balaban J connectivity index is 1.60. The Morgan fingerprint density at radius 2 is 1.08 bits per heavy atom. The lowest BCUT2D eigenvalue weighted by atomic mass is 10.0. The number of carbonyl (C=O) groups excluding carboxylic acids is 1. The average molecular weight is 495 g/mol. The van der Waals surface area contributed by atoms with Crippen molar-refractivity contribution in [2.75, 3.05) is 0 Å². The van der Waals surface area contributed by atoms with Gasteiger partial charge in [-0.15, -0.1) is 0 Å². The predicted octanol–water partition coefficient (Wildman–Crippen LogP) is 5.69. The molecule has 4 aromatic rings.